The van der Waals surface area contributed by atoms with Crippen molar-refractivity contribution < 1.29 is 44.3 Å². The van der Waals surface area contributed by atoms with Gasteiger partial charge in [0.15, 0.2) is 5.78 Å². The number of hydrogen-bond donors (Lipinski definition) is 0. The average molecular weight is 389 g/mol. The number of rotatable bonds is 2. The predicted octanol–water partition coefficient (Wildman–Crippen LogP) is 0.482. The minimum atomic E-state index is -1.16. The zero-order chi connectivity index (χ0) is 19.4. The Labute approximate surface area is 189 Å². The van der Waals surface area contributed by atoms with Gasteiger partial charge in [-0.2, -0.15) is 5.26 Å². The van der Waals surface area contributed by atoms with Crippen LogP contribution in [0.25, 0.3) is 0 Å². The second-order valence-corrected chi connectivity index (χ2v) is 9.58. The Morgan fingerprint density at radius 3 is 2.54 bits per heavy atom. The van der Waals surface area contributed by atoms with Crippen LogP contribution in [-0.4, -0.2) is 11.8 Å². The van der Waals surface area contributed by atoms with Crippen molar-refractivity contribution in [2.24, 2.45) is 28.6 Å². The second-order valence-electron chi connectivity index (χ2n) is 9.58. The molecule has 28 heavy (non-hydrogen) atoms. The summed E-state index contributed by atoms with van der Waals surface area (Å²) in [5.41, 5.74) is 2.98. The summed E-state index contributed by atoms with van der Waals surface area (Å²) >= 11 is 0. The predicted molar refractivity (Wildman–Crippen MR) is 99.0 cm³/mol. The molecule has 0 N–H and O–H groups in total. The summed E-state index contributed by atoms with van der Waals surface area (Å²) in [5, 5.41) is 20.7. The second kappa shape index (κ2) is 7.74. The fourth-order valence-electron chi connectivity index (χ4n) is 7.23. The average Bonchev–Trinajstić information content (AvgIpc) is 2.97. The normalized spacial score (nSPS) is 40.8. The van der Waals surface area contributed by atoms with Crippen molar-refractivity contribution in [1.29, 1.82) is 5.26 Å². The number of ketones is 1. The van der Waals surface area contributed by atoms with Gasteiger partial charge in [-0.25, -0.2) is 0 Å². The Bertz CT molecular complexity index is 807. The summed E-state index contributed by atoms with van der Waals surface area (Å²) < 4.78 is 0. The number of allylic oxidation sites excluding steroid dienone is 2. The summed E-state index contributed by atoms with van der Waals surface area (Å²) in [6.07, 6.45) is 9.47. The number of nitrogens with zero attached hydrogens (tertiary/aromatic N) is 1. The van der Waals surface area contributed by atoms with E-state index in [9.17, 15) is 20.0 Å². The molecule has 0 spiro atoms. The Morgan fingerprint density at radius 2 is 1.86 bits per heavy atom. The van der Waals surface area contributed by atoms with Gasteiger partial charge in [-0.05, 0) is 85.2 Å². The molecule has 0 aliphatic heterocycles. The van der Waals surface area contributed by atoms with Gasteiger partial charge < -0.3 is 9.90 Å². The molecule has 0 aromatic heterocycles. The van der Waals surface area contributed by atoms with E-state index < -0.39 is 5.97 Å². The van der Waals surface area contributed by atoms with E-state index >= 15 is 0 Å². The molecule has 4 aliphatic rings. The maximum absolute atomic E-state index is 11.9. The van der Waals surface area contributed by atoms with E-state index in [2.05, 4.69) is 19.9 Å². The van der Waals surface area contributed by atoms with Gasteiger partial charge in [0.05, 0.1) is 6.07 Å². The molecule has 0 saturated heterocycles. The van der Waals surface area contributed by atoms with Gasteiger partial charge >= 0.3 is 29.6 Å². The molecule has 0 aromatic carbocycles. The van der Waals surface area contributed by atoms with Gasteiger partial charge in [0.2, 0.25) is 0 Å². The van der Waals surface area contributed by atoms with E-state index in [-0.39, 0.29) is 52.6 Å². The summed E-state index contributed by atoms with van der Waals surface area (Å²) in [5.74, 6) is 0.863. The first-order chi connectivity index (χ1) is 12.8. The minimum Gasteiger partial charge on any atom is -0.550 e. The fourth-order valence-corrected chi connectivity index (χ4v) is 7.23. The molecule has 0 unspecified atom stereocenters. The Hall–Kier alpha value is -0.890. The quantitative estimate of drug-likeness (QED) is 0.508. The SMILES string of the molecule is C[C@]12CCC(=O)C=C1CC[C@@H]1[C@@H]2CC[C@]2(C)C(=C(C#N)CC(=O)[O-])CC[C@@H]12.[Na+]. The number of fused-ring (bicyclic) bond motifs is 5. The molecular weight excluding hydrogens is 361 g/mol. The van der Waals surface area contributed by atoms with Crippen LogP contribution >= 0.6 is 0 Å². The topological polar surface area (TPSA) is 81.0 Å². The van der Waals surface area contributed by atoms with Crippen LogP contribution in [-0.2, 0) is 9.59 Å². The van der Waals surface area contributed by atoms with Gasteiger partial charge in [0, 0.05) is 24.4 Å². The summed E-state index contributed by atoms with van der Waals surface area (Å²) in [4.78, 5) is 23.0. The molecule has 0 bridgehead atoms. The third-order valence-corrected chi connectivity index (χ3v) is 8.57. The molecule has 4 rings (SSSR count). The molecule has 3 saturated carbocycles. The number of hydrogen-bond acceptors (Lipinski definition) is 4. The molecule has 4 aliphatic carbocycles. The van der Waals surface area contributed by atoms with E-state index in [1.807, 2.05) is 6.08 Å². The van der Waals surface area contributed by atoms with Crippen LogP contribution in [0.1, 0.15) is 71.6 Å². The third-order valence-electron chi connectivity index (χ3n) is 8.57. The summed E-state index contributed by atoms with van der Waals surface area (Å²) in [7, 11) is 0. The number of nitriles is 1. The molecule has 0 amide bonds. The van der Waals surface area contributed by atoms with Crippen LogP contribution in [0.2, 0.25) is 0 Å². The van der Waals surface area contributed by atoms with Crippen molar-refractivity contribution in [2.75, 3.05) is 0 Å². The molecule has 3 fully saturated rings. The molecule has 0 heterocycles. The Balaban J connectivity index is 0.00000225. The van der Waals surface area contributed by atoms with E-state index in [0.29, 0.717) is 29.7 Å². The maximum atomic E-state index is 11.9. The Morgan fingerprint density at radius 1 is 1.14 bits per heavy atom. The van der Waals surface area contributed by atoms with Crippen LogP contribution in [0.4, 0.5) is 0 Å². The van der Waals surface area contributed by atoms with Crippen LogP contribution in [0.5, 0.6) is 0 Å². The maximum Gasteiger partial charge on any atom is 1.00 e. The van der Waals surface area contributed by atoms with Gasteiger partial charge in [-0.3, -0.25) is 4.79 Å². The van der Waals surface area contributed by atoms with Gasteiger partial charge in [-0.15, -0.1) is 0 Å². The van der Waals surface area contributed by atoms with Crippen molar-refractivity contribution in [1.82, 2.24) is 0 Å². The van der Waals surface area contributed by atoms with E-state index in [0.717, 1.165) is 50.5 Å². The van der Waals surface area contributed by atoms with Crippen LogP contribution in [0, 0.1) is 39.9 Å². The zero-order valence-corrected chi connectivity index (χ0v) is 19.3. The standard InChI is InChI=1S/C23H29NO3.Na/c1-22-9-7-16(25)12-15(22)3-4-17-19-6-5-18(14(13-24)11-21(26)27)23(19,2)10-8-20(17)22;/h12,17,19-20H,3-11H2,1-2H3,(H,26,27);/q;+1/p-1/t17-,19-,20-,22-,23+;/m0./s1. The largest absolute Gasteiger partial charge is 1.00 e. The first-order valence-corrected chi connectivity index (χ1v) is 10.4. The molecule has 4 nitrogen and oxygen atoms in total. The number of carbonyl (C=O) groups is 2. The van der Waals surface area contributed by atoms with Crippen LogP contribution < -0.4 is 34.7 Å². The molecule has 0 radical (unpaired) electrons. The molecule has 0 aromatic rings. The number of carboxylic acid groups (broad SMARTS) is 1. The number of carbonyl (C=O) groups excluding carboxylic acids is 2. The minimum absolute atomic E-state index is 0. The van der Waals surface area contributed by atoms with E-state index in [1.165, 1.54) is 5.57 Å². The fraction of sp³-hybridized carbons (Fsp3) is 0.696. The van der Waals surface area contributed by atoms with E-state index in [1.54, 1.807) is 0 Å². The van der Waals surface area contributed by atoms with Crippen molar-refractivity contribution in [3.05, 3.63) is 22.8 Å². The molecular formula is C23H28NNaO3. The van der Waals surface area contributed by atoms with Gasteiger partial charge in [0.1, 0.15) is 0 Å². The Kier molecular flexibility index (Phi) is 6.03. The van der Waals surface area contributed by atoms with E-state index in [4.69, 9.17) is 0 Å². The first kappa shape index (κ1) is 21.8. The van der Waals surface area contributed by atoms with Crippen LogP contribution in [0.3, 0.4) is 0 Å². The van der Waals surface area contributed by atoms with Gasteiger partial charge in [-0.1, -0.05) is 19.4 Å². The number of carboxylic acids is 1. The third kappa shape index (κ3) is 3.24. The van der Waals surface area contributed by atoms with Crippen LogP contribution in [0.15, 0.2) is 22.8 Å². The van der Waals surface area contributed by atoms with Crippen molar-refractivity contribution in [3.8, 4) is 6.07 Å². The molecule has 5 atom stereocenters. The monoisotopic (exact) mass is 389 g/mol. The van der Waals surface area contributed by atoms with Crippen molar-refractivity contribution in [2.45, 2.75) is 71.6 Å². The van der Waals surface area contributed by atoms with Crippen molar-refractivity contribution >= 4 is 11.8 Å². The summed E-state index contributed by atoms with van der Waals surface area (Å²) in [6.45, 7) is 4.63. The summed E-state index contributed by atoms with van der Waals surface area (Å²) in [6, 6.07) is 2.18. The number of aliphatic carboxylic acids is 1. The molecule has 144 valence electrons. The smallest absolute Gasteiger partial charge is 0.550 e. The molecule has 5 heteroatoms. The van der Waals surface area contributed by atoms with Crippen molar-refractivity contribution in [3.63, 3.8) is 0 Å². The van der Waals surface area contributed by atoms with Gasteiger partial charge in [0.25, 0.3) is 0 Å². The zero-order valence-electron chi connectivity index (χ0n) is 17.3. The first-order valence-electron chi connectivity index (χ1n) is 10.4.